The van der Waals surface area contributed by atoms with Gasteiger partial charge in [0.25, 0.3) is 5.91 Å². The largest absolute Gasteiger partial charge is 0.368 e. The molecule has 5 heteroatoms. The molecule has 0 saturated carbocycles. The summed E-state index contributed by atoms with van der Waals surface area (Å²) in [4.78, 5) is 20.1. The van der Waals surface area contributed by atoms with E-state index in [-0.39, 0.29) is 5.91 Å². The lowest BCUT2D eigenvalue weighted by molar-refractivity contribution is 0.0742. The molecule has 1 fully saturated rings. The quantitative estimate of drug-likeness (QED) is 0.771. The van der Waals surface area contributed by atoms with Crippen molar-refractivity contribution in [2.75, 3.05) is 31.1 Å². The maximum atomic E-state index is 12.7. The summed E-state index contributed by atoms with van der Waals surface area (Å²) >= 11 is 6.07. The van der Waals surface area contributed by atoms with E-state index in [0.717, 1.165) is 34.7 Å². The van der Waals surface area contributed by atoms with Crippen molar-refractivity contribution in [1.82, 2.24) is 9.88 Å². The summed E-state index contributed by atoms with van der Waals surface area (Å²) in [5.41, 5.74) is 2.77. The van der Waals surface area contributed by atoms with E-state index in [4.69, 9.17) is 11.6 Å². The average molecular weight is 340 g/mol. The minimum absolute atomic E-state index is 0.0666. The van der Waals surface area contributed by atoms with Crippen LogP contribution in [-0.2, 0) is 0 Å². The van der Waals surface area contributed by atoms with Crippen LogP contribution in [-0.4, -0.2) is 42.0 Å². The smallest absolute Gasteiger partial charge is 0.270 e. The Morgan fingerprint density at radius 1 is 0.958 bits per heavy atom. The van der Waals surface area contributed by atoms with Crippen molar-refractivity contribution in [2.24, 2.45) is 0 Å². The Hall–Kier alpha value is -2.46. The summed E-state index contributed by atoms with van der Waals surface area (Å²) < 4.78 is 0. The van der Waals surface area contributed by atoms with Crippen LogP contribution in [0.4, 0.5) is 5.69 Å². The van der Waals surface area contributed by atoms with Gasteiger partial charge >= 0.3 is 0 Å². The molecule has 24 heavy (non-hydrogen) atoms. The van der Waals surface area contributed by atoms with E-state index in [1.165, 1.54) is 0 Å². The number of aromatic amines is 1. The fraction of sp³-hybridized carbons (Fsp3) is 0.211. The number of para-hydroxylation sites is 1. The third-order valence-corrected chi connectivity index (χ3v) is 4.74. The molecule has 1 N–H and O–H groups in total. The first kappa shape index (κ1) is 15.1. The number of benzene rings is 2. The standard InChI is InChI=1S/C19H18ClN3O/c20-15-5-3-6-16(13-15)22-8-10-23(11-9-22)19(24)18-12-14-4-1-2-7-17(14)21-18/h1-7,12-13,21H,8-11H2. The van der Waals surface area contributed by atoms with Gasteiger partial charge in [-0.3, -0.25) is 4.79 Å². The zero-order valence-electron chi connectivity index (χ0n) is 13.2. The molecule has 4 nitrogen and oxygen atoms in total. The van der Waals surface area contributed by atoms with E-state index in [2.05, 4.69) is 16.0 Å². The van der Waals surface area contributed by atoms with Crippen molar-refractivity contribution in [3.05, 3.63) is 65.3 Å². The number of fused-ring (bicyclic) bond motifs is 1. The number of nitrogens with one attached hydrogen (secondary N) is 1. The number of halogens is 1. The number of nitrogens with zero attached hydrogens (tertiary/aromatic N) is 2. The highest BCUT2D eigenvalue weighted by atomic mass is 35.5. The molecule has 0 radical (unpaired) electrons. The van der Waals surface area contributed by atoms with Gasteiger partial charge in [0, 0.05) is 47.8 Å². The number of H-pyrrole nitrogens is 1. The van der Waals surface area contributed by atoms with Crippen molar-refractivity contribution < 1.29 is 4.79 Å². The molecule has 4 rings (SSSR count). The molecular formula is C19H18ClN3O. The van der Waals surface area contributed by atoms with Crippen molar-refractivity contribution in [3.63, 3.8) is 0 Å². The van der Waals surface area contributed by atoms with Gasteiger partial charge in [0.15, 0.2) is 0 Å². The SMILES string of the molecule is O=C(c1cc2ccccc2[nH]1)N1CCN(c2cccc(Cl)c2)CC1. The number of carbonyl (C=O) groups excluding carboxylic acids is 1. The minimum Gasteiger partial charge on any atom is -0.368 e. The van der Waals surface area contributed by atoms with Crippen LogP contribution in [0.1, 0.15) is 10.5 Å². The van der Waals surface area contributed by atoms with Gasteiger partial charge in [-0.2, -0.15) is 0 Å². The van der Waals surface area contributed by atoms with Gasteiger partial charge < -0.3 is 14.8 Å². The second-order valence-electron chi connectivity index (χ2n) is 6.03. The van der Waals surface area contributed by atoms with Crippen molar-refractivity contribution >= 4 is 34.1 Å². The Bertz CT molecular complexity index is 848. The lowest BCUT2D eigenvalue weighted by Crippen LogP contribution is -2.48. The second-order valence-corrected chi connectivity index (χ2v) is 6.47. The number of anilines is 1. The zero-order chi connectivity index (χ0) is 16.5. The first-order chi connectivity index (χ1) is 11.7. The fourth-order valence-electron chi connectivity index (χ4n) is 3.20. The van der Waals surface area contributed by atoms with Crippen LogP contribution in [0.15, 0.2) is 54.6 Å². The van der Waals surface area contributed by atoms with Gasteiger partial charge in [0.05, 0.1) is 0 Å². The summed E-state index contributed by atoms with van der Waals surface area (Å²) in [6, 6.07) is 17.7. The highest BCUT2D eigenvalue weighted by molar-refractivity contribution is 6.30. The predicted octanol–water partition coefficient (Wildman–Crippen LogP) is 3.78. The molecule has 1 amide bonds. The maximum Gasteiger partial charge on any atom is 0.270 e. The van der Waals surface area contributed by atoms with Crippen LogP contribution in [0.5, 0.6) is 0 Å². The number of rotatable bonds is 2. The topological polar surface area (TPSA) is 39.3 Å². The minimum atomic E-state index is 0.0666. The second kappa shape index (κ2) is 6.21. The van der Waals surface area contributed by atoms with Crippen LogP contribution in [0.25, 0.3) is 10.9 Å². The molecule has 2 aromatic carbocycles. The fourth-order valence-corrected chi connectivity index (χ4v) is 3.38. The number of hydrogen-bond acceptors (Lipinski definition) is 2. The number of carbonyl (C=O) groups is 1. The van der Waals surface area contributed by atoms with E-state index in [1.807, 2.05) is 53.4 Å². The Labute approximate surface area is 145 Å². The van der Waals surface area contributed by atoms with Gasteiger partial charge in [0.1, 0.15) is 5.69 Å². The molecular weight excluding hydrogens is 322 g/mol. The summed E-state index contributed by atoms with van der Waals surface area (Å²) in [6.07, 6.45) is 0. The highest BCUT2D eigenvalue weighted by Crippen LogP contribution is 2.22. The lowest BCUT2D eigenvalue weighted by Gasteiger charge is -2.36. The molecule has 1 aliphatic rings. The molecule has 0 aliphatic carbocycles. The van der Waals surface area contributed by atoms with Crippen LogP contribution in [0, 0.1) is 0 Å². The molecule has 2 heterocycles. The van der Waals surface area contributed by atoms with Crippen molar-refractivity contribution in [3.8, 4) is 0 Å². The van der Waals surface area contributed by atoms with E-state index >= 15 is 0 Å². The molecule has 0 bridgehead atoms. The molecule has 1 aliphatic heterocycles. The van der Waals surface area contributed by atoms with E-state index in [9.17, 15) is 4.79 Å². The lowest BCUT2D eigenvalue weighted by atomic mass is 10.2. The number of aromatic nitrogens is 1. The summed E-state index contributed by atoms with van der Waals surface area (Å²) in [7, 11) is 0. The van der Waals surface area contributed by atoms with Crippen molar-refractivity contribution in [2.45, 2.75) is 0 Å². The molecule has 0 spiro atoms. The first-order valence-electron chi connectivity index (χ1n) is 8.08. The van der Waals surface area contributed by atoms with Crippen molar-refractivity contribution in [1.29, 1.82) is 0 Å². The van der Waals surface area contributed by atoms with Gasteiger partial charge in [-0.25, -0.2) is 0 Å². The molecule has 0 unspecified atom stereocenters. The molecule has 0 atom stereocenters. The Morgan fingerprint density at radius 2 is 1.75 bits per heavy atom. The normalized spacial score (nSPS) is 15.0. The van der Waals surface area contributed by atoms with E-state index in [1.54, 1.807) is 0 Å². The van der Waals surface area contributed by atoms with Gasteiger partial charge in [-0.1, -0.05) is 35.9 Å². The average Bonchev–Trinajstić information content (AvgIpc) is 3.05. The van der Waals surface area contributed by atoms with Gasteiger partial charge in [-0.15, -0.1) is 0 Å². The molecule has 1 saturated heterocycles. The van der Waals surface area contributed by atoms with E-state index in [0.29, 0.717) is 18.8 Å². The molecule has 3 aromatic rings. The Morgan fingerprint density at radius 3 is 2.50 bits per heavy atom. The highest BCUT2D eigenvalue weighted by Gasteiger charge is 2.23. The van der Waals surface area contributed by atoms with Crippen LogP contribution in [0.3, 0.4) is 0 Å². The van der Waals surface area contributed by atoms with E-state index < -0.39 is 0 Å². The summed E-state index contributed by atoms with van der Waals surface area (Å²) in [5, 5.41) is 1.81. The monoisotopic (exact) mass is 339 g/mol. The third-order valence-electron chi connectivity index (χ3n) is 4.50. The maximum absolute atomic E-state index is 12.7. The molecule has 1 aromatic heterocycles. The number of amides is 1. The van der Waals surface area contributed by atoms with Gasteiger partial charge in [-0.05, 0) is 30.3 Å². The number of hydrogen-bond donors (Lipinski definition) is 1. The first-order valence-corrected chi connectivity index (χ1v) is 8.46. The van der Waals surface area contributed by atoms with Crippen LogP contribution >= 0.6 is 11.6 Å². The third kappa shape index (κ3) is 2.85. The Kier molecular flexibility index (Phi) is 3.90. The summed E-state index contributed by atoms with van der Waals surface area (Å²) in [6.45, 7) is 3.04. The Balaban J connectivity index is 1.46. The van der Waals surface area contributed by atoms with Gasteiger partial charge in [0.2, 0.25) is 0 Å². The molecule has 122 valence electrons. The van der Waals surface area contributed by atoms with Crippen LogP contribution < -0.4 is 4.90 Å². The predicted molar refractivity (Wildman–Crippen MR) is 97.9 cm³/mol. The number of piperazine rings is 1. The zero-order valence-corrected chi connectivity index (χ0v) is 14.0. The summed E-state index contributed by atoms with van der Waals surface area (Å²) in [5.74, 6) is 0.0666. The van der Waals surface area contributed by atoms with Crippen LogP contribution in [0.2, 0.25) is 5.02 Å².